The van der Waals surface area contributed by atoms with Crippen LogP contribution in [-0.4, -0.2) is 24.8 Å². The maximum absolute atomic E-state index is 13.1. The standard InChI is InChI=1S/C20H18BrN3O.C15H9N3O/c21-11-4-1-5-12-24-18-10-3-2-9-17(18)23-19(20(24)25)16-8-6-7-15(13-16)14-22;16-9-10-4-3-5-11(8-10)14-15(19)18-13-7-2-1-6-12(13)17-14/h2-3,6-10,13H,1,4-5,11-12H2;1-8H,(H,18,19). The van der Waals surface area contributed by atoms with Crippen molar-refractivity contribution >= 4 is 38.0 Å². The molecule has 6 aromatic rings. The van der Waals surface area contributed by atoms with Crippen LogP contribution in [-0.2, 0) is 6.54 Å². The molecule has 0 aliphatic rings. The largest absolute Gasteiger partial charge is 0.319 e. The summed E-state index contributed by atoms with van der Waals surface area (Å²) >= 11 is 3.44. The van der Waals surface area contributed by atoms with Crippen molar-refractivity contribution < 1.29 is 0 Å². The molecule has 44 heavy (non-hydrogen) atoms. The summed E-state index contributed by atoms with van der Waals surface area (Å²) in [5.41, 5.74) is 5.80. The van der Waals surface area contributed by atoms with Gasteiger partial charge in [0.25, 0.3) is 11.1 Å². The number of unbranched alkanes of at least 4 members (excludes halogenated alkanes) is 2. The van der Waals surface area contributed by atoms with Gasteiger partial charge in [-0.2, -0.15) is 10.5 Å². The van der Waals surface area contributed by atoms with Crippen LogP contribution >= 0.6 is 15.9 Å². The summed E-state index contributed by atoms with van der Waals surface area (Å²) in [6, 6.07) is 33.1. The second-order valence-corrected chi connectivity index (χ2v) is 10.8. The fourth-order valence-electron chi connectivity index (χ4n) is 4.84. The number of nitrogens with one attached hydrogen (secondary N) is 1. The van der Waals surface area contributed by atoms with E-state index in [1.165, 1.54) is 0 Å². The Morgan fingerprint density at radius 1 is 0.705 bits per heavy atom. The molecule has 0 aliphatic carbocycles. The lowest BCUT2D eigenvalue weighted by atomic mass is 10.1. The first-order chi connectivity index (χ1) is 21.5. The van der Waals surface area contributed by atoms with Crippen molar-refractivity contribution in [1.29, 1.82) is 10.5 Å². The summed E-state index contributed by atoms with van der Waals surface area (Å²) in [6.45, 7) is 0.666. The van der Waals surface area contributed by atoms with E-state index in [4.69, 9.17) is 10.5 Å². The van der Waals surface area contributed by atoms with Gasteiger partial charge in [0.15, 0.2) is 0 Å². The molecule has 0 saturated carbocycles. The molecule has 0 amide bonds. The maximum atomic E-state index is 13.1. The van der Waals surface area contributed by atoms with Crippen molar-refractivity contribution in [2.45, 2.75) is 25.8 Å². The second kappa shape index (κ2) is 14.2. The summed E-state index contributed by atoms with van der Waals surface area (Å²) in [4.78, 5) is 36.8. The molecule has 2 aromatic heterocycles. The minimum atomic E-state index is -0.256. The predicted molar refractivity (Wildman–Crippen MR) is 176 cm³/mol. The van der Waals surface area contributed by atoms with E-state index in [-0.39, 0.29) is 11.1 Å². The molecule has 0 unspecified atom stereocenters. The highest BCUT2D eigenvalue weighted by atomic mass is 79.9. The van der Waals surface area contributed by atoms with Gasteiger partial charge in [0.2, 0.25) is 0 Å². The number of rotatable bonds is 7. The number of benzene rings is 4. The lowest BCUT2D eigenvalue weighted by Gasteiger charge is -2.12. The van der Waals surface area contributed by atoms with Gasteiger partial charge in [-0.3, -0.25) is 9.59 Å². The molecule has 1 N–H and O–H groups in total. The highest BCUT2D eigenvalue weighted by Gasteiger charge is 2.13. The molecule has 0 aliphatic heterocycles. The van der Waals surface area contributed by atoms with Crippen molar-refractivity contribution in [3.05, 3.63) is 129 Å². The summed E-state index contributed by atoms with van der Waals surface area (Å²) in [5, 5.41) is 19.0. The normalized spacial score (nSPS) is 10.5. The van der Waals surface area contributed by atoms with Crippen molar-refractivity contribution in [1.82, 2.24) is 19.5 Å². The van der Waals surface area contributed by atoms with Crippen molar-refractivity contribution in [3.63, 3.8) is 0 Å². The molecule has 6 rings (SSSR count). The number of para-hydroxylation sites is 4. The van der Waals surface area contributed by atoms with E-state index >= 15 is 0 Å². The Bertz CT molecular complexity index is 2160. The molecule has 0 bridgehead atoms. The monoisotopic (exact) mass is 642 g/mol. The van der Waals surface area contributed by atoms with Crippen molar-refractivity contribution in [2.75, 3.05) is 5.33 Å². The topological polar surface area (TPSA) is 128 Å². The summed E-state index contributed by atoms with van der Waals surface area (Å²) < 4.78 is 1.81. The third-order valence-electron chi connectivity index (χ3n) is 7.00. The number of nitrogens with zero attached hydrogens (tertiary/aromatic N) is 5. The van der Waals surface area contributed by atoms with Gasteiger partial charge in [0, 0.05) is 23.0 Å². The van der Waals surface area contributed by atoms with Crippen LogP contribution < -0.4 is 11.1 Å². The Kier molecular flexibility index (Phi) is 9.71. The highest BCUT2D eigenvalue weighted by molar-refractivity contribution is 9.09. The van der Waals surface area contributed by atoms with Crippen LogP contribution in [0.15, 0.2) is 107 Å². The van der Waals surface area contributed by atoms with E-state index in [2.05, 4.69) is 43.0 Å². The minimum Gasteiger partial charge on any atom is -0.319 e. The van der Waals surface area contributed by atoms with Crippen molar-refractivity contribution in [3.8, 4) is 34.7 Å². The molecule has 4 aromatic carbocycles. The number of fused-ring (bicyclic) bond motifs is 2. The maximum Gasteiger partial charge on any atom is 0.277 e. The average Bonchev–Trinajstić information content (AvgIpc) is 3.07. The molecule has 0 radical (unpaired) electrons. The van der Waals surface area contributed by atoms with E-state index in [9.17, 15) is 9.59 Å². The first kappa shape index (κ1) is 30.1. The Morgan fingerprint density at radius 2 is 1.32 bits per heavy atom. The van der Waals surface area contributed by atoms with E-state index in [0.717, 1.165) is 41.1 Å². The van der Waals surface area contributed by atoms with Gasteiger partial charge in [-0.15, -0.1) is 0 Å². The Balaban J connectivity index is 0.000000181. The number of hydrogen-bond acceptors (Lipinski definition) is 6. The number of aromatic nitrogens is 4. The van der Waals surface area contributed by atoms with Crippen LogP contribution in [0.2, 0.25) is 0 Å². The summed E-state index contributed by atoms with van der Waals surface area (Å²) in [6.07, 6.45) is 3.10. The molecule has 8 nitrogen and oxygen atoms in total. The molecule has 216 valence electrons. The Labute approximate surface area is 262 Å². The Morgan fingerprint density at radius 3 is 2.00 bits per heavy atom. The number of alkyl halides is 1. The third-order valence-corrected chi connectivity index (χ3v) is 7.56. The number of H-pyrrole nitrogens is 1. The fourth-order valence-corrected chi connectivity index (χ4v) is 5.24. The van der Waals surface area contributed by atoms with Gasteiger partial charge < -0.3 is 9.55 Å². The summed E-state index contributed by atoms with van der Waals surface area (Å²) in [5.74, 6) is 0. The molecular formula is C35H27BrN6O2. The number of hydrogen-bond donors (Lipinski definition) is 1. The van der Waals surface area contributed by atoms with Crippen LogP contribution in [0.25, 0.3) is 44.6 Å². The average molecular weight is 644 g/mol. The molecular weight excluding hydrogens is 616 g/mol. The number of aryl methyl sites for hydroxylation is 1. The van der Waals surface area contributed by atoms with Gasteiger partial charge >= 0.3 is 0 Å². The van der Waals surface area contributed by atoms with Crippen LogP contribution in [0.3, 0.4) is 0 Å². The SMILES string of the molecule is N#Cc1cccc(-c2nc3ccccc3[nH]c2=O)c1.N#Cc1cccc(-c2nc3ccccc3n(CCCCCBr)c2=O)c1. The van der Waals surface area contributed by atoms with Crippen molar-refractivity contribution in [2.24, 2.45) is 0 Å². The van der Waals surface area contributed by atoms with E-state index in [1.807, 2.05) is 53.1 Å². The lowest BCUT2D eigenvalue weighted by Crippen LogP contribution is -2.24. The first-order valence-electron chi connectivity index (χ1n) is 14.1. The van der Waals surface area contributed by atoms with Gasteiger partial charge in [-0.05, 0) is 61.4 Å². The molecule has 9 heteroatoms. The van der Waals surface area contributed by atoms with E-state index in [1.54, 1.807) is 48.5 Å². The number of nitriles is 2. The van der Waals surface area contributed by atoms with E-state index < -0.39 is 0 Å². The smallest absolute Gasteiger partial charge is 0.277 e. The predicted octanol–water partition coefficient (Wildman–Crippen LogP) is 6.96. The fraction of sp³-hybridized carbons (Fsp3) is 0.143. The first-order valence-corrected chi connectivity index (χ1v) is 15.2. The van der Waals surface area contributed by atoms with Crippen LogP contribution in [0.5, 0.6) is 0 Å². The molecule has 2 heterocycles. The van der Waals surface area contributed by atoms with Crippen LogP contribution in [0.4, 0.5) is 0 Å². The quantitative estimate of drug-likeness (QED) is 0.148. The minimum absolute atomic E-state index is 0.104. The molecule has 0 spiro atoms. The zero-order valence-electron chi connectivity index (χ0n) is 23.7. The van der Waals surface area contributed by atoms with Crippen LogP contribution in [0, 0.1) is 22.7 Å². The van der Waals surface area contributed by atoms with Crippen LogP contribution in [0.1, 0.15) is 30.4 Å². The molecule has 0 atom stereocenters. The van der Waals surface area contributed by atoms with Gasteiger partial charge in [-0.1, -0.05) is 70.9 Å². The number of halogens is 1. The molecule has 0 fully saturated rings. The molecule has 0 saturated heterocycles. The Hall–Kier alpha value is -5.38. The zero-order valence-corrected chi connectivity index (χ0v) is 25.3. The zero-order chi connectivity index (χ0) is 30.9. The summed E-state index contributed by atoms with van der Waals surface area (Å²) in [7, 11) is 0. The van der Waals surface area contributed by atoms with Gasteiger partial charge in [0.1, 0.15) is 11.4 Å². The van der Waals surface area contributed by atoms with E-state index in [0.29, 0.717) is 45.7 Å². The highest BCUT2D eigenvalue weighted by Crippen LogP contribution is 2.20. The lowest BCUT2D eigenvalue weighted by molar-refractivity contribution is 0.604. The second-order valence-electron chi connectivity index (χ2n) is 9.97. The third kappa shape index (κ3) is 6.81. The number of aromatic amines is 1. The van der Waals surface area contributed by atoms with Gasteiger partial charge in [-0.25, -0.2) is 9.97 Å². The van der Waals surface area contributed by atoms with Gasteiger partial charge in [0.05, 0.1) is 45.3 Å².